The minimum absolute atomic E-state index is 0.0871. The summed E-state index contributed by atoms with van der Waals surface area (Å²) in [4.78, 5) is 3.02. The smallest absolute Gasteiger partial charge is 0.178 e. The van der Waals surface area contributed by atoms with Crippen molar-refractivity contribution in [1.29, 1.82) is 0 Å². The molecule has 0 aliphatic carbocycles. The third-order valence-corrected chi connectivity index (χ3v) is 9.78. The molecule has 3 aromatic rings. The van der Waals surface area contributed by atoms with Crippen LogP contribution in [0, 0.1) is 5.92 Å². The van der Waals surface area contributed by atoms with Crippen molar-refractivity contribution in [3.8, 4) is 5.75 Å². The van der Waals surface area contributed by atoms with Crippen LogP contribution in [0.25, 0.3) is 0 Å². The molecule has 3 saturated heterocycles. The van der Waals surface area contributed by atoms with Gasteiger partial charge in [-0.05, 0) is 61.2 Å². The highest BCUT2D eigenvalue weighted by molar-refractivity contribution is 7.91. The van der Waals surface area contributed by atoms with Crippen molar-refractivity contribution in [3.05, 3.63) is 95.6 Å². The molecule has 0 unspecified atom stereocenters. The monoisotopic (exact) mass is 504 g/mol. The largest absolute Gasteiger partial charge is 0.496 e. The van der Waals surface area contributed by atoms with Crippen molar-refractivity contribution in [1.82, 2.24) is 10.2 Å². The molecule has 3 heterocycles. The molecule has 0 amide bonds. The first-order valence-electron chi connectivity index (χ1n) is 13.0. The summed E-state index contributed by atoms with van der Waals surface area (Å²) in [5.41, 5.74) is 3.56. The summed E-state index contributed by atoms with van der Waals surface area (Å²) in [6, 6.07) is 27.5. The Bertz CT molecular complexity index is 1220. The number of nitrogens with one attached hydrogen (secondary N) is 1. The van der Waals surface area contributed by atoms with Crippen LogP contribution in [0.3, 0.4) is 0 Å². The summed E-state index contributed by atoms with van der Waals surface area (Å²) in [6.07, 6.45) is 2.37. The summed E-state index contributed by atoms with van der Waals surface area (Å²) < 4.78 is 30.7. The van der Waals surface area contributed by atoms with Gasteiger partial charge in [-0.2, -0.15) is 0 Å². The van der Waals surface area contributed by atoms with Crippen LogP contribution in [0.1, 0.15) is 42.4 Å². The number of benzene rings is 3. The van der Waals surface area contributed by atoms with Gasteiger partial charge in [-0.3, -0.25) is 4.90 Å². The van der Waals surface area contributed by atoms with Crippen LogP contribution in [-0.2, 0) is 16.4 Å². The Kier molecular flexibility index (Phi) is 7.47. The maximum Gasteiger partial charge on any atom is 0.178 e. The zero-order valence-corrected chi connectivity index (χ0v) is 22.0. The van der Waals surface area contributed by atoms with Gasteiger partial charge in [0, 0.05) is 30.1 Å². The fourth-order valence-corrected chi connectivity index (χ4v) is 7.11. The van der Waals surface area contributed by atoms with E-state index in [0.29, 0.717) is 23.4 Å². The first kappa shape index (κ1) is 25.0. The zero-order chi connectivity index (χ0) is 25.1. The molecule has 0 radical (unpaired) electrons. The van der Waals surface area contributed by atoms with Crippen LogP contribution >= 0.6 is 0 Å². The highest BCUT2D eigenvalue weighted by Gasteiger charge is 2.46. The van der Waals surface area contributed by atoms with E-state index in [2.05, 4.69) is 70.9 Å². The minimum atomic E-state index is -3.29. The van der Waals surface area contributed by atoms with Crippen molar-refractivity contribution in [2.24, 2.45) is 5.92 Å². The normalized spacial score (nSPS) is 23.6. The summed E-state index contributed by atoms with van der Waals surface area (Å²) in [7, 11) is -1.64. The van der Waals surface area contributed by atoms with E-state index in [-0.39, 0.29) is 17.7 Å². The van der Waals surface area contributed by atoms with Crippen LogP contribution in [0.5, 0.6) is 5.75 Å². The predicted molar refractivity (Wildman–Crippen MR) is 144 cm³/mol. The molecule has 3 aliphatic heterocycles. The number of sulfone groups is 1. The van der Waals surface area contributed by atoms with Crippen molar-refractivity contribution in [2.45, 2.75) is 49.2 Å². The maximum absolute atomic E-state index is 12.6. The Balaban J connectivity index is 1.49. The van der Waals surface area contributed by atoms with Gasteiger partial charge < -0.3 is 10.1 Å². The van der Waals surface area contributed by atoms with Crippen LogP contribution < -0.4 is 10.1 Å². The average Bonchev–Trinajstić information content (AvgIpc) is 2.94. The summed E-state index contributed by atoms with van der Waals surface area (Å²) in [5.74, 6) is 1.65. The maximum atomic E-state index is 12.6. The zero-order valence-electron chi connectivity index (χ0n) is 21.1. The lowest BCUT2D eigenvalue weighted by molar-refractivity contribution is 0.00461. The lowest BCUT2D eigenvalue weighted by atomic mass is 9.70. The molecule has 6 rings (SSSR count). The minimum Gasteiger partial charge on any atom is -0.496 e. The molecule has 190 valence electrons. The van der Waals surface area contributed by atoms with Gasteiger partial charge >= 0.3 is 0 Å². The number of piperidine rings is 3. The molecule has 3 aliphatic rings. The number of nitrogens with zero attached hydrogens (tertiary/aromatic N) is 1. The SMILES string of the molecule is CCS(=O)(=O)c1ccc(OC)c(CN[C@H]2C3CCN(CC3)[C@H]2C(c2ccccc2)c2ccccc2)c1. The number of rotatable bonds is 9. The van der Waals surface area contributed by atoms with Gasteiger partial charge in [-0.1, -0.05) is 67.6 Å². The molecule has 3 fully saturated rings. The van der Waals surface area contributed by atoms with Gasteiger partial charge in [0.2, 0.25) is 0 Å². The van der Waals surface area contributed by atoms with E-state index < -0.39 is 9.84 Å². The molecule has 0 aromatic heterocycles. The van der Waals surface area contributed by atoms with Gasteiger partial charge in [-0.15, -0.1) is 0 Å². The van der Waals surface area contributed by atoms with Gasteiger partial charge in [0.1, 0.15) is 5.75 Å². The second-order valence-corrected chi connectivity index (χ2v) is 12.2. The molecule has 36 heavy (non-hydrogen) atoms. The van der Waals surface area contributed by atoms with Crippen molar-refractivity contribution in [3.63, 3.8) is 0 Å². The number of hydrogen-bond acceptors (Lipinski definition) is 5. The third-order valence-electron chi connectivity index (χ3n) is 8.05. The van der Waals surface area contributed by atoms with Crippen molar-refractivity contribution >= 4 is 9.84 Å². The molecule has 1 N–H and O–H groups in total. The van der Waals surface area contributed by atoms with Gasteiger partial charge in [0.25, 0.3) is 0 Å². The third kappa shape index (κ3) is 4.95. The summed E-state index contributed by atoms with van der Waals surface area (Å²) in [5, 5.41) is 3.89. The Morgan fingerprint density at radius 2 is 1.56 bits per heavy atom. The van der Waals surface area contributed by atoms with E-state index in [4.69, 9.17) is 4.74 Å². The Hall–Kier alpha value is -2.67. The van der Waals surface area contributed by atoms with Crippen LogP contribution in [0.2, 0.25) is 0 Å². The molecule has 0 saturated carbocycles. The Morgan fingerprint density at radius 1 is 0.944 bits per heavy atom. The lowest BCUT2D eigenvalue weighted by Crippen LogP contribution is -2.64. The molecule has 3 aromatic carbocycles. The number of methoxy groups -OCH3 is 1. The topological polar surface area (TPSA) is 58.6 Å². The summed E-state index contributed by atoms with van der Waals surface area (Å²) >= 11 is 0. The van der Waals surface area contributed by atoms with Gasteiger partial charge in [0.15, 0.2) is 9.84 Å². The Labute approximate surface area is 215 Å². The number of hydrogen-bond donors (Lipinski definition) is 1. The summed E-state index contributed by atoms with van der Waals surface area (Å²) in [6.45, 7) is 4.50. The molecule has 2 bridgehead atoms. The fraction of sp³-hybridized carbons (Fsp3) is 0.400. The van der Waals surface area contributed by atoms with E-state index in [9.17, 15) is 8.42 Å². The highest BCUT2D eigenvalue weighted by atomic mass is 32.2. The van der Waals surface area contributed by atoms with E-state index >= 15 is 0 Å². The molecular formula is C30H36N2O3S. The van der Waals surface area contributed by atoms with Crippen molar-refractivity contribution < 1.29 is 13.2 Å². The van der Waals surface area contributed by atoms with Crippen LogP contribution in [-0.4, -0.2) is 51.4 Å². The molecular weight excluding hydrogens is 468 g/mol. The predicted octanol–water partition coefficient (Wildman–Crippen LogP) is 4.87. The molecule has 2 atom stereocenters. The molecule has 6 heteroatoms. The van der Waals surface area contributed by atoms with E-state index in [1.165, 1.54) is 24.0 Å². The van der Waals surface area contributed by atoms with Gasteiger partial charge in [-0.25, -0.2) is 8.42 Å². The quantitative estimate of drug-likeness (QED) is 0.450. The fourth-order valence-electron chi connectivity index (χ4n) is 6.18. The standard InChI is InChI=1S/C30H36N2O3S/c1-3-36(33,34)26-14-15-27(35-2)25(20-26)21-31-29-24-16-18-32(19-17-24)30(29)28(22-10-6-4-7-11-22)23-12-8-5-9-13-23/h4-15,20,24,28-31H,3,16-19,21H2,1-2H3/t29-,30-/m0/s1. The van der Waals surface area contributed by atoms with Crippen molar-refractivity contribution in [2.75, 3.05) is 26.0 Å². The highest BCUT2D eigenvalue weighted by Crippen LogP contribution is 2.42. The van der Waals surface area contributed by atoms with E-state index in [1.807, 2.05) is 0 Å². The van der Waals surface area contributed by atoms with Gasteiger partial charge in [0.05, 0.1) is 17.8 Å². The number of fused-ring (bicyclic) bond motifs is 3. The lowest BCUT2D eigenvalue weighted by Gasteiger charge is -2.54. The first-order chi connectivity index (χ1) is 17.5. The van der Waals surface area contributed by atoms with Crippen LogP contribution in [0.15, 0.2) is 83.8 Å². The first-order valence-corrected chi connectivity index (χ1v) is 14.6. The van der Waals surface area contributed by atoms with E-state index in [1.54, 1.807) is 32.2 Å². The van der Waals surface area contributed by atoms with E-state index in [0.717, 1.165) is 24.4 Å². The molecule has 5 nitrogen and oxygen atoms in total. The second-order valence-electron chi connectivity index (χ2n) is 9.95. The Morgan fingerprint density at radius 3 is 2.11 bits per heavy atom. The average molecular weight is 505 g/mol. The second kappa shape index (κ2) is 10.8. The number of ether oxygens (including phenoxy) is 1. The van der Waals surface area contributed by atoms with Crippen LogP contribution in [0.4, 0.5) is 0 Å². The molecule has 0 spiro atoms.